The highest BCUT2D eigenvalue weighted by atomic mass is 15.1. The van der Waals surface area contributed by atoms with E-state index in [1.807, 2.05) is 0 Å². The lowest BCUT2D eigenvalue weighted by Gasteiger charge is -2.25. The molecule has 1 aliphatic rings. The molecular weight excluding hydrogens is 222 g/mol. The van der Waals surface area contributed by atoms with Crippen LogP contribution in [0.3, 0.4) is 0 Å². The molecule has 0 aliphatic carbocycles. The van der Waals surface area contributed by atoms with Gasteiger partial charge in [-0.25, -0.2) is 0 Å². The summed E-state index contributed by atoms with van der Waals surface area (Å²) in [7, 11) is 2.16. The third-order valence-electron chi connectivity index (χ3n) is 3.60. The zero-order chi connectivity index (χ0) is 12.6. The molecule has 18 heavy (non-hydrogen) atoms. The van der Waals surface area contributed by atoms with Gasteiger partial charge in [0.2, 0.25) is 0 Å². The molecule has 3 nitrogen and oxygen atoms in total. The van der Waals surface area contributed by atoms with Gasteiger partial charge in [0, 0.05) is 31.9 Å². The van der Waals surface area contributed by atoms with Gasteiger partial charge < -0.3 is 15.5 Å². The Morgan fingerprint density at radius 2 is 2.17 bits per heavy atom. The molecular formula is C15H25N3. The van der Waals surface area contributed by atoms with E-state index in [0.29, 0.717) is 6.04 Å². The van der Waals surface area contributed by atoms with Crippen molar-refractivity contribution in [3.05, 3.63) is 30.3 Å². The smallest absolute Gasteiger partial charge is 0.0363 e. The summed E-state index contributed by atoms with van der Waals surface area (Å²) in [5.74, 6) is 0. The van der Waals surface area contributed by atoms with Gasteiger partial charge >= 0.3 is 0 Å². The topological polar surface area (TPSA) is 27.3 Å². The third-order valence-corrected chi connectivity index (χ3v) is 3.60. The Bertz CT molecular complexity index is 320. The molecule has 3 heteroatoms. The fraction of sp³-hybridized carbons (Fsp3) is 0.600. The van der Waals surface area contributed by atoms with Crippen LogP contribution in [0, 0.1) is 0 Å². The SMILES string of the molecule is CN(CCCNC1CCCNC1)c1ccccc1. The number of rotatable bonds is 6. The molecule has 1 unspecified atom stereocenters. The van der Waals surface area contributed by atoms with E-state index in [2.05, 4.69) is 52.9 Å². The molecule has 1 heterocycles. The highest BCUT2D eigenvalue weighted by molar-refractivity contribution is 5.44. The van der Waals surface area contributed by atoms with E-state index < -0.39 is 0 Å². The van der Waals surface area contributed by atoms with Crippen LogP contribution in [-0.2, 0) is 0 Å². The van der Waals surface area contributed by atoms with Crippen molar-refractivity contribution in [2.24, 2.45) is 0 Å². The Balaban J connectivity index is 1.60. The summed E-state index contributed by atoms with van der Waals surface area (Å²) in [4.78, 5) is 2.32. The maximum atomic E-state index is 3.64. The number of benzene rings is 1. The number of nitrogens with one attached hydrogen (secondary N) is 2. The molecule has 0 spiro atoms. The fourth-order valence-corrected chi connectivity index (χ4v) is 2.46. The molecule has 0 radical (unpaired) electrons. The quantitative estimate of drug-likeness (QED) is 0.751. The standard InChI is InChI=1S/C15H25N3/c1-18(15-8-3-2-4-9-15)12-6-11-17-14-7-5-10-16-13-14/h2-4,8-9,14,16-17H,5-7,10-13H2,1H3. The number of hydrogen-bond acceptors (Lipinski definition) is 3. The van der Waals surface area contributed by atoms with Gasteiger partial charge in [-0.05, 0) is 44.5 Å². The minimum atomic E-state index is 0.681. The second-order valence-corrected chi connectivity index (χ2v) is 5.11. The van der Waals surface area contributed by atoms with Crippen molar-refractivity contribution in [2.75, 3.05) is 38.1 Å². The van der Waals surface area contributed by atoms with Crippen LogP contribution in [0.1, 0.15) is 19.3 Å². The summed E-state index contributed by atoms with van der Waals surface area (Å²) in [6.07, 6.45) is 3.82. The molecule has 0 aromatic heterocycles. The zero-order valence-electron chi connectivity index (χ0n) is 11.4. The highest BCUT2D eigenvalue weighted by Gasteiger charge is 2.11. The predicted molar refractivity (Wildman–Crippen MR) is 78.2 cm³/mol. The number of hydrogen-bond donors (Lipinski definition) is 2. The van der Waals surface area contributed by atoms with Gasteiger partial charge in [0.15, 0.2) is 0 Å². The van der Waals surface area contributed by atoms with Gasteiger partial charge in [0.25, 0.3) is 0 Å². The molecule has 2 N–H and O–H groups in total. The van der Waals surface area contributed by atoms with Gasteiger partial charge in [-0.3, -0.25) is 0 Å². The molecule has 1 aromatic rings. The molecule has 1 atom stereocenters. The molecule has 1 aliphatic heterocycles. The second-order valence-electron chi connectivity index (χ2n) is 5.11. The summed E-state index contributed by atoms with van der Waals surface area (Å²) >= 11 is 0. The predicted octanol–water partition coefficient (Wildman–Crippen LogP) is 1.85. The van der Waals surface area contributed by atoms with E-state index in [4.69, 9.17) is 0 Å². The maximum Gasteiger partial charge on any atom is 0.0363 e. The monoisotopic (exact) mass is 247 g/mol. The van der Waals surface area contributed by atoms with E-state index in [1.54, 1.807) is 0 Å². The van der Waals surface area contributed by atoms with Crippen molar-refractivity contribution < 1.29 is 0 Å². The van der Waals surface area contributed by atoms with Gasteiger partial charge in [-0.15, -0.1) is 0 Å². The summed E-state index contributed by atoms with van der Waals surface area (Å²) in [5.41, 5.74) is 1.30. The first-order valence-electron chi connectivity index (χ1n) is 7.06. The van der Waals surface area contributed by atoms with E-state index in [9.17, 15) is 0 Å². The van der Waals surface area contributed by atoms with E-state index in [0.717, 1.165) is 19.6 Å². The average Bonchev–Trinajstić information content (AvgIpc) is 2.45. The lowest BCUT2D eigenvalue weighted by Crippen LogP contribution is -2.43. The van der Waals surface area contributed by atoms with E-state index >= 15 is 0 Å². The molecule has 1 saturated heterocycles. The van der Waals surface area contributed by atoms with Crippen LogP contribution in [0.2, 0.25) is 0 Å². The Morgan fingerprint density at radius 3 is 2.89 bits per heavy atom. The molecule has 1 fully saturated rings. The van der Waals surface area contributed by atoms with Crippen LogP contribution in [0.25, 0.3) is 0 Å². The molecule has 2 rings (SSSR count). The molecule has 0 amide bonds. The van der Waals surface area contributed by atoms with E-state index in [-0.39, 0.29) is 0 Å². The van der Waals surface area contributed by atoms with Crippen LogP contribution < -0.4 is 15.5 Å². The summed E-state index contributed by atoms with van der Waals surface area (Å²) < 4.78 is 0. The Kier molecular flexibility index (Phi) is 5.49. The number of para-hydroxylation sites is 1. The van der Waals surface area contributed by atoms with Gasteiger partial charge in [-0.1, -0.05) is 18.2 Å². The molecule has 0 saturated carbocycles. The van der Waals surface area contributed by atoms with Gasteiger partial charge in [-0.2, -0.15) is 0 Å². The van der Waals surface area contributed by atoms with Crippen LogP contribution in [-0.4, -0.2) is 39.3 Å². The summed E-state index contributed by atoms with van der Waals surface area (Å²) in [6, 6.07) is 11.3. The lowest BCUT2D eigenvalue weighted by atomic mass is 10.1. The number of piperidine rings is 1. The second kappa shape index (κ2) is 7.39. The number of nitrogens with zero attached hydrogens (tertiary/aromatic N) is 1. The first kappa shape index (κ1) is 13.4. The largest absolute Gasteiger partial charge is 0.375 e. The first-order valence-corrected chi connectivity index (χ1v) is 7.06. The van der Waals surface area contributed by atoms with Crippen LogP contribution >= 0.6 is 0 Å². The van der Waals surface area contributed by atoms with Crippen molar-refractivity contribution in [1.82, 2.24) is 10.6 Å². The highest BCUT2D eigenvalue weighted by Crippen LogP contribution is 2.10. The molecule has 1 aromatic carbocycles. The molecule has 0 bridgehead atoms. The van der Waals surface area contributed by atoms with Crippen LogP contribution in [0.15, 0.2) is 30.3 Å². The van der Waals surface area contributed by atoms with Crippen LogP contribution in [0.4, 0.5) is 5.69 Å². The third kappa shape index (κ3) is 4.31. The number of anilines is 1. The summed E-state index contributed by atoms with van der Waals surface area (Å²) in [5, 5.41) is 7.08. The molecule has 100 valence electrons. The Hall–Kier alpha value is -1.06. The Morgan fingerprint density at radius 1 is 1.33 bits per heavy atom. The Labute approximate surface area is 111 Å². The minimum Gasteiger partial charge on any atom is -0.375 e. The zero-order valence-corrected chi connectivity index (χ0v) is 11.4. The minimum absolute atomic E-state index is 0.681. The lowest BCUT2D eigenvalue weighted by molar-refractivity contribution is 0.389. The fourth-order valence-electron chi connectivity index (χ4n) is 2.46. The van der Waals surface area contributed by atoms with Gasteiger partial charge in [0.1, 0.15) is 0 Å². The van der Waals surface area contributed by atoms with E-state index in [1.165, 1.54) is 31.5 Å². The normalized spacial score (nSPS) is 19.7. The van der Waals surface area contributed by atoms with Crippen molar-refractivity contribution in [3.8, 4) is 0 Å². The maximum absolute atomic E-state index is 3.64. The van der Waals surface area contributed by atoms with Crippen molar-refractivity contribution >= 4 is 5.69 Å². The van der Waals surface area contributed by atoms with Gasteiger partial charge in [0.05, 0.1) is 0 Å². The van der Waals surface area contributed by atoms with Crippen LogP contribution in [0.5, 0.6) is 0 Å². The van der Waals surface area contributed by atoms with Crippen molar-refractivity contribution in [1.29, 1.82) is 0 Å². The summed E-state index contributed by atoms with van der Waals surface area (Å²) in [6.45, 7) is 4.55. The van der Waals surface area contributed by atoms with Crippen molar-refractivity contribution in [3.63, 3.8) is 0 Å². The first-order chi connectivity index (χ1) is 8.86. The van der Waals surface area contributed by atoms with Crippen molar-refractivity contribution in [2.45, 2.75) is 25.3 Å². The average molecular weight is 247 g/mol.